The van der Waals surface area contributed by atoms with Gasteiger partial charge < -0.3 is 15.2 Å². The first-order valence-electron chi connectivity index (χ1n) is 5.03. The second kappa shape index (κ2) is 4.28. The number of hydrogen-bond donors (Lipinski definition) is 2. The van der Waals surface area contributed by atoms with Crippen LogP contribution in [0.25, 0.3) is 0 Å². The van der Waals surface area contributed by atoms with Crippen LogP contribution in [0.15, 0.2) is 0 Å². The van der Waals surface area contributed by atoms with Crippen molar-refractivity contribution < 1.29 is 14.6 Å². The Labute approximate surface area is 84.6 Å². The van der Waals surface area contributed by atoms with Gasteiger partial charge in [-0.3, -0.25) is 4.79 Å². The van der Waals surface area contributed by atoms with Crippen LogP contribution in [0.2, 0.25) is 0 Å². The van der Waals surface area contributed by atoms with E-state index in [1.165, 1.54) is 0 Å². The highest BCUT2D eigenvalue weighted by molar-refractivity contribution is 5.70. The standard InChI is InChI=1S/C10H19NO3/c1-7(9(12)13)8(2)11-10(3)4-5-14-6-10/h7-8,11H,4-6H2,1-3H3,(H,12,13). The van der Waals surface area contributed by atoms with E-state index in [1.54, 1.807) is 6.92 Å². The van der Waals surface area contributed by atoms with E-state index in [9.17, 15) is 4.79 Å². The average molecular weight is 201 g/mol. The van der Waals surface area contributed by atoms with E-state index in [1.807, 2.05) is 6.92 Å². The van der Waals surface area contributed by atoms with Crippen molar-refractivity contribution in [2.75, 3.05) is 13.2 Å². The summed E-state index contributed by atoms with van der Waals surface area (Å²) < 4.78 is 5.29. The Balaban J connectivity index is 2.46. The summed E-state index contributed by atoms with van der Waals surface area (Å²) in [5, 5.41) is 12.2. The fourth-order valence-electron chi connectivity index (χ4n) is 1.67. The van der Waals surface area contributed by atoms with Crippen molar-refractivity contribution in [3.05, 3.63) is 0 Å². The molecule has 3 atom stereocenters. The van der Waals surface area contributed by atoms with Crippen LogP contribution in [0.1, 0.15) is 27.2 Å². The SMILES string of the molecule is CC(NC1(C)CCOC1)C(C)C(=O)O. The van der Waals surface area contributed by atoms with Gasteiger partial charge in [-0.2, -0.15) is 0 Å². The summed E-state index contributed by atoms with van der Waals surface area (Å²) in [5.41, 5.74) is -0.0525. The quantitative estimate of drug-likeness (QED) is 0.708. The van der Waals surface area contributed by atoms with Gasteiger partial charge in [0.2, 0.25) is 0 Å². The van der Waals surface area contributed by atoms with Crippen LogP contribution in [-0.2, 0) is 9.53 Å². The molecule has 3 unspecified atom stereocenters. The fraction of sp³-hybridized carbons (Fsp3) is 0.900. The van der Waals surface area contributed by atoms with Gasteiger partial charge in [-0.15, -0.1) is 0 Å². The molecule has 0 aromatic rings. The van der Waals surface area contributed by atoms with Gasteiger partial charge in [0, 0.05) is 18.2 Å². The lowest BCUT2D eigenvalue weighted by Crippen LogP contribution is -2.51. The third-order valence-corrected chi connectivity index (χ3v) is 2.93. The van der Waals surface area contributed by atoms with Gasteiger partial charge in [-0.05, 0) is 20.3 Å². The van der Waals surface area contributed by atoms with Crippen molar-refractivity contribution in [3.63, 3.8) is 0 Å². The topological polar surface area (TPSA) is 58.6 Å². The summed E-state index contributed by atoms with van der Waals surface area (Å²) in [4.78, 5) is 10.7. The Bertz CT molecular complexity index is 211. The monoisotopic (exact) mass is 201 g/mol. The Kier molecular flexibility index (Phi) is 3.50. The first-order chi connectivity index (χ1) is 6.44. The van der Waals surface area contributed by atoms with Crippen LogP contribution in [-0.4, -0.2) is 35.9 Å². The van der Waals surface area contributed by atoms with E-state index in [-0.39, 0.29) is 17.5 Å². The zero-order valence-corrected chi connectivity index (χ0v) is 9.04. The predicted molar refractivity (Wildman–Crippen MR) is 53.2 cm³/mol. The molecule has 0 saturated carbocycles. The molecular formula is C10H19NO3. The number of aliphatic carboxylic acids is 1. The maximum Gasteiger partial charge on any atom is 0.307 e. The molecule has 4 nitrogen and oxygen atoms in total. The number of carboxylic acid groups (broad SMARTS) is 1. The number of ether oxygens (including phenoxy) is 1. The van der Waals surface area contributed by atoms with Crippen molar-refractivity contribution in [1.29, 1.82) is 0 Å². The van der Waals surface area contributed by atoms with Crippen LogP contribution in [0.5, 0.6) is 0 Å². The van der Waals surface area contributed by atoms with E-state index in [2.05, 4.69) is 12.2 Å². The summed E-state index contributed by atoms with van der Waals surface area (Å²) >= 11 is 0. The molecule has 0 spiro atoms. The summed E-state index contributed by atoms with van der Waals surface area (Å²) in [6.07, 6.45) is 0.948. The van der Waals surface area contributed by atoms with Crippen LogP contribution in [0.4, 0.5) is 0 Å². The molecular weight excluding hydrogens is 182 g/mol. The molecule has 0 aromatic carbocycles. The van der Waals surface area contributed by atoms with E-state index in [4.69, 9.17) is 9.84 Å². The number of hydrogen-bond acceptors (Lipinski definition) is 3. The smallest absolute Gasteiger partial charge is 0.307 e. The molecule has 0 bridgehead atoms. The molecule has 4 heteroatoms. The lowest BCUT2D eigenvalue weighted by molar-refractivity contribution is -0.142. The number of rotatable bonds is 4. The van der Waals surface area contributed by atoms with Gasteiger partial charge in [0.25, 0.3) is 0 Å². The van der Waals surface area contributed by atoms with Crippen LogP contribution < -0.4 is 5.32 Å². The van der Waals surface area contributed by atoms with Crippen LogP contribution in [0.3, 0.4) is 0 Å². The Hall–Kier alpha value is -0.610. The Morgan fingerprint density at radius 3 is 2.64 bits per heavy atom. The molecule has 0 radical (unpaired) electrons. The van der Waals surface area contributed by atoms with Gasteiger partial charge in [0.15, 0.2) is 0 Å². The summed E-state index contributed by atoms with van der Waals surface area (Å²) in [7, 11) is 0. The second-order valence-electron chi connectivity index (χ2n) is 4.42. The molecule has 1 rings (SSSR count). The first-order valence-corrected chi connectivity index (χ1v) is 5.03. The number of nitrogens with one attached hydrogen (secondary N) is 1. The van der Waals surface area contributed by atoms with Crippen molar-refractivity contribution in [3.8, 4) is 0 Å². The molecule has 1 fully saturated rings. The van der Waals surface area contributed by atoms with Crippen molar-refractivity contribution in [1.82, 2.24) is 5.32 Å². The van der Waals surface area contributed by atoms with Crippen molar-refractivity contribution >= 4 is 5.97 Å². The summed E-state index contributed by atoms with van der Waals surface area (Å²) in [5.74, 6) is -1.13. The Morgan fingerprint density at radius 2 is 2.21 bits per heavy atom. The van der Waals surface area contributed by atoms with E-state index < -0.39 is 5.97 Å². The van der Waals surface area contributed by atoms with Crippen LogP contribution in [0, 0.1) is 5.92 Å². The van der Waals surface area contributed by atoms with Crippen molar-refractivity contribution in [2.24, 2.45) is 5.92 Å². The van der Waals surface area contributed by atoms with E-state index >= 15 is 0 Å². The maximum atomic E-state index is 10.7. The third-order valence-electron chi connectivity index (χ3n) is 2.93. The molecule has 1 heterocycles. The molecule has 0 aromatic heterocycles. The largest absolute Gasteiger partial charge is 0.481 e. The zero-order valence-electron chi connectivity index (χ0n) is 9.04. The summed E-state index contributed by atoms with van der Waals surface area (Å²) in [6, 6.07) is -0.0285. The number of carboxylic acids is 1. The second-order valence-corrected chi connectivity index (χ2v) is 4.42. The minimum absolute atomic E-state index is 0.0285. The number of carbonyl (C=O) groups is 1. The van der Waals surface area contributed by atoms with E-state index in [0.29, 0.717) is 6.61 Å². The highest BCUT2D eigenvalue weighted by atomic mass is 16.5. The molecule has 0 aliphatic carbocycles. The van der Waals surface area contributed by atoms with E-state index in [0.717, 1.165) is 13.0 Å². The fourth-order valence-corrected chi connectivity index (χ4v) is 1.67. The Morgan fingerprint density at radius 1 is 1.57 bits per heavy atom. The molecule has 0 amide bonds. The average Bonchev–Trinajstić information content (AvgIpc) is 2.50. The minimum Gasteiger partial charge on any atom is -0.481 e. The molecule has 2 N–H and O–H groups in total. The van der Waals surface area contributed by atoms with Gasteiger partial charge in [-0.1, -0.05) is 6.92 Å². The molecule has 14 heavy (non-hydrogen) atoms. The van der Waals surface area contributed by atoms with Crippen molar-refractivity contribution in [2.45, 2.75) is 38.8 Å². The highest BCUT2D eigenvalue weighted by Crippen LogP contribution is 2.19. The van der Waals surface area contributed by atoms with Gasteiger partial charge in [0.1, 0.15) is 0 Å². The van der Waals surface area contributed by atoms with Gasteiger partial charge >= 0.3 is 5.97 Å². The third kappa shape index (κ3) is 2.69. The molecule has 1 aliphatic heterocycles. The predicted octanol–water partition coefficient (Wildman–Crippen LogP) is 0.864. The highest BCUT2D eigenvalue weighted by Gasteiger charge is 2.33. The molecule has 82 valence electrons. The molecule has 1 saturated heterocycles. The van der Waals surface area contributed by atoms with Crippen LogP contribution >= 0.6 is 0 Å². The summed E-state index contributed by atoms with van der Waals surface area (Å²) in [6.45, 7) is 7.13. The molecule has 1 aliphatic rings. The lowest BCUT2D eigenvalue weighted by atomic mass is 9.96. The lowest BCUT2D eigenvalue weighted by Gasteiger charge is -2.30. The normalized spacial score (nSPS) is 31.4. The van der Waals surface area contributed by atoms with Gasteiger partial charge in [0.05, 0.1) is 12.5 Å². The zero-order chi connectivity index (χ0) is 10.8. The van der Waals surface area contributed by atoms with Gasteiger partial charge in [-0.25, -0.2) is 0 Å². The first kappa shape index (κ1) is 11.5. The minimum atomic E-state index is -0.757. The maximum absolute atomic E-state index is 10.7.